The summed E-state index contributed by atoms with van der Waals surface area (Å²) in [6.07, 6.45) is 0. The minimum atomic E-state index is -3.02. The van der Waals surface area contributed by atoms with Crippen LogP contribution in [0.2, 0.25) is 0 Å². The fourth-order valence-corrected chi connectivity index (χ4v) is 1.53. The predicted octanol–water partition coefficient (Wildman–Crippen LogP) is 0.175. The molecular formula is C8H7O6P. The highest BCUT2D eigenvalue weighted by Crippen LogP contribution is 2.16. The van der Waals surface area contributed by atoms with Crippen LogP contribution in [0.25, 0.3) is 0 Å². The normalized spacial score (nSPS) is 12.1. The first-order valence-electron chi connectivity index (χ1n) is 3.77. The number of hydrogen-bond acceptors (Lipinski definition) is 3. The molecule has 1 atom stereocenters. The summed E-state index contributed by atoms with van der Waals surface area (Å²) in [5.74, 6) is -2.84. The van der Waals surface area contributed by atoms with Gasteiger partial charge < -0.3 is 15.1 Å². The number of rotatable bonds is 3. The quantitative estimate of drug-likeness (QED) is 0.638. The molecule has 0 spiro atoms. The maximum Gasteiger partial charge on any atom is 0.336 e. The zero-order chi connectivity index (χ0) is 11.6. The van der Waals surface area contributed by atoms with Gasteiger partial charge in [-0.1, -0.05) is 0 Å². The molecule has 15 heavy (non-hydrogen) atoms. The minimum absolute atomic E-state index is 0.0811. The van der Waals surface area contributed by atoms with E-state index in [1.807, 2.05) is 0 Å². The lowest BCUT2D eigenvalue weighted by Gasteiger charge is -2.02. The zero-order valence-corrected chi connectivity index (χ0v) is 8.30. The smallest absolute Gasteiger partial charge is 0.336 e. The van der Waals surface area contributed by atoms with Crippen molar-refractivity contribution in [2.45, 2.75) is 0 Å². The first-order valence-corrected chi connectivity index (χ1v) is 5.13. The van der Waals surface area contributed by atoms with Crippen LogP contribution in [0, 0.1) is 0 Å². The van der Waals surface area contributed by atoms with Crippen LogP contribution in [0.15, 0.2) is 18.2 Å². The maximum atomic E-state index is 10.7. The lowest BCUT2D eigenvalue weighted by molar-refractivity contribution is 0.0651. The Kier molecular flexibility index (Phi) is 3.24. The summed E-state index contributed by atoms with van der Waals surface area (Å²) < 4.78 is 10.7. The first-order chi connectivity index (χ1) is 6.93. The third-order valence-corrected chi connectivity index (χ3v) is 2.53. The molecule has 1 unspecified atom stereocenters. The van der Waals surface area contributed by atoms with E-state index in [0.717, 1.165) is 18.2 Å². The zero-order valence-electron chi connectivity index (χ0n) is 7.30. The fraction of sp³-hybridized carbons (Fsp3) is 0. The highest BCUT2D eigenvalue weighted by atomic mass is 31.1. The van der Waals surface area contributed by atoms with E-state index < -0.39 is 31.1 Å². The SMILES string of the molecule is O=C(O)c1ccc([PH](=O)O)cc1C(=O)O. The minimum Gasteiger partial charge on any atom is -0.478 e. The van der Waals surface area contributed by atoms with Crippen LogP contribution in [0.4, 0.5) is 0 Å². The number of hydrogen-bond donors (Lipinski definition) is 3. The van der Waals surface area contributed by atoms with Crippen LogP contribution in [0.5, 0.6) is 0 Å². The molecule has 1 aromatic carbocycles. The number of carbonyl (C=O) groups is 2. The van der Waals surface area contributed by atoms with Crippen molar-refractivity contribution in [2.24, 2.45) is 0 Å². The van der Waals surface area contributed by atoms with E-state index in [9.17, 15) is 14.2 Å². The maximum absolute atomic E-state index is 10.7. The number of carboxylic acid groups (broad SMARTS) is 2. The van der Waals surface area contributed by atoms with Crippen molar-refractivity contribution in [1.29, 1.82) is 0 Å². The molecule has 0 aliphatic heterocycles. The van der Waals surface area contributed by atoms with Crippen LogP contribution < -0.4 is 5.30 Å². The second-order valence-electron chi connectivity index (χ2n) is 2.68. The van der Waals surface area contributed by atoms with Gasteiger partial charge in [-0.3, -0.25) is 4.57 Å². The average Bonchev–Trinajstić information content (AvgIpc) is 2.16. The Bertz CT molecular complexity index is 452. The van der Waals surface area contributed by atoms with Crippen molar-refractivity contribution in [3.8, 4) is 0 Å². The molecule has 0 aliphatic carbocycles. The summed E-state index contributed by atoms with van der Waals surface area (Å²) in [6.45, 7) is 0. The van der Waals surface area contributed by atoms with Crippen molar-refractivity contribution in [1.82, 2.24) is 0 Å². The number of aromatic carboxylic acids is 2. The molecule has 0 fully saturated rings. The van der Waals surface area contributed by atoms with Crippen LogP contribution in [0.3, 0.4) is 0 Å². The molecule has 0 heterocycles. The Morgan fingerprint density at radius 2 is 1.60 bits per heavy atom. The van der Waals surface area contributed by atoms with Gasteiger partial charge >= 0.3 is 11.9 Å². The Morgan fingerprint density at radius 1 is 1.07 bits per heavy atom. The van der Waals surface area contributed by atoms with Crippen molar-refractivity contribution >= 4 is 25.3 Å². The highest BCUT2D eigenvalue weighted by molar-refractivity contribution is 7.47. The van der Waals surface area contributed by atoms with Crippen molar-refractivity contribution < 1.29 is 29.3 Å². The lowest BCUT2D eigenvalue weighted by Crippen LogP contribution is -2.11. The van der Waals surface area contributed by atoms with E-state index in [2.05, 4.69) is 0 Å². The fourth-order valence-electron chi connectivity index (χ4n) is 1.04. The molecular weight excluding hydrogens is 223 g/mol. The second-order valence-corrected chi connectivity index (χ2v) is 3.86. The van der Waals surface area contributed by atoms with Gasteiger partial charge in [-0.25, -0.2) is 9.59 Å². The summed E-state index contributed by atoms with van der Waals surface area (Å²) in [5.41, 5.74) is -0.901. The molecule has 3 N–H and O–H groups in total. The van der Waals surface area contributed by atoms with Crippen molar-refractivity contribution in [3.63, 3.8) is 0 Å². The van der Waals surface area contributed by atoms with Crippen LogP contribution >= 0.6 is 8.03 Å². The van der Waals surface area contributed by atoms with E-state index in [1.165, 1.54) is 0 Å². The highest BCUT2D eigenvalue weighted by Gasteiger charge is 2.17. The molecule has 0 saturated heterocycles. The third kappa shape index (κ3) is 2.43. The Balaban J connectivity index is 3.40. The van der Waals surface area contributed by atoms with Gasteiger partial charge in [0.15, 0.2) is 0 Å². The lowest BCUT2D eigenvalue weighted by atomic mass is 10.1. The van der Waals surface area contributed by atoms with Gasteiger partial charge in [0, 0.05) is 5.30 Å². The molecule has 0 bridgehead atoms. The van der Waals surface area contributed by atoms with E-state index in [-0.39, 0.29) is 5.30 Å². The predicted molar refractivity (Wildman–Crippen MR) is 51.2 cm³/mol. The Hall–Kier alpha value is -1.65. The largest absolute Gasteiger partial charge is 0.478 e. The van der Waals surface area contributed by atoms with Gasteiger partial charge in [-0.2, -0.15) is 0 Å². The van der Waals surface area contributed by atoms with Gasteiger partial charge in [0.1, 0.15) is 0 Å². The molecule has 0 radical (unpaired) electrons. The molecule has 7 heteroatoms. The summed E-state index contributed by atoms with van der Waals surface area (Å²) in [4.78, 5) is 30.0. The van der Waals surface area contributed by atoms with E-state index >= 15 is 0 Å². The molecule has 80 valence electrons. The summed E-state index contributed by atoms with van der Waals surface area (Å²) in [5, 5.41) is 17.3. The second kappa shape index (κ2) is 4.25. The topological polar surface area (TPSA) is 112 Å². The molecule has 0 saturated carbocycles. The summed E-state index contributed by atoms with van der Waals surface area (Å²) in [7, 11) is -3.02. The average molecular weight is 230 g/mol. The van der Waals surface area contributed by atoms with Crippen LogP contribution in [0.1, 0.15) is 20.7 Å². The van der Waals surface area contributed by atoms with Gasteiger partial charge in [0.2, 0.25) is 8.03 Å². The Labute approximate surface area is 84.7 Å². The molecule has 0 aliphatic rings. The molecule has 0 amide bonds. The Morgan fingerprint density at radius 3 is 2.00 bits per heavy atom. The molecule has 1 rings (SSSR count). The third-order valence-electron chi connectivity index (χ3n) is 1.73. The number of benzene rings is 1. The van der Waals surface area contributed by atoms with Gasteiger partial charge in [0.25, 0.3) is 0 Å². The van der Waals surface area contributed by atoms with Crippen molar-refractivity contribution in [3.05, 3.63) is 29.3 Å². The van der Waals surface area contributed by atoms with Crippen LogP contribution in [-0.2, 0) is 4.57 Å². The van der Waals surface area contributed by atoms with Gasteiger partial charge in [-0.15, -0.1) is 0 Å². The summed E-state index contributed by atoms with van der Waals surface area (Å²) >= 11 is 0. The van der Waals surface area contributed by atoms with Gasteiger partial charge in [0.05, 0.1) is 11.1 Å². The molecule has 1 aromatic rings. The molecule has 6 nitrogen and oxygen atoms in total. The van der Waals surface area contributed by atoms with E-state index in [0.29, 0.717) is 0 Å². The van der Waals surface area contributed by atoms with Crippen LogP contribution in [-0.4, -0.2) is 27.0 Å². The molecule has 0 aromatic heterocycles. The van der Waals surface area contributed by atoms with Gasteiger partial charge in [-0.05, 0) is 18.2 Å². The number of carboxylic acids is 2. The van der Waals surface area contributed by atoms with Crippen molar-refractivity contribution in [2.75, 3.05) is 0 Å². The standard InChI is InChI=1S/C8H7O6P/c9-7(10)5-2-1-4(15(13)14)3-6(5)8(11)12/h1-3,15H,(H,9,10)(H,11,12)(H,13,14). The van der Waals surface area contributed by atoms with E-state index in [4.69, 9.17) is 15.1 Å². The van der Waals surface area contributed by atoms with E-state index in [1.54, 1.807) is 0 Å². The monoisotopic (exact) mass is 230 g/mol. The first kappa shape index (κ1) is 11.4. The summed E-state index contributed by atoms with van der Waals surface area (Å²) in [6, 6.07) is 3.02.